The zero-order chi connectivity index (χ0) is 23.4. The van der Waals surface area contributed by atoms with E-state index in [0.29, 0.717) is 41.4 Å². The summed E-state index contributed by atoms with van der Waals surface area (Å²) in [5, 5.41) is 31.4. The second kappa shape index (κ2) is 9.05. The highest BCUT2D eigenvalue weighted by molar-refractivity contribution is 5.10. The van der Waals surface area contributed by atoms with Gasteiger partial charge >= 0.3 is 0 Å². The molecule has 3 N–H and O–H groups in total. The van der Waals surface area contributed by atoms with Crippen LogP contribution in [0.5, 0.6) is 0 Å². The van der Waals surface area contributed by atoms with Gasteiger partial charge in [-0.25, -0.2) is 0 Å². The zero-order valence-corrected chi connectivity index (χ0v) is 21.5. The molecule has 0 bridgehead atoms. The van der Waals surface area contributed by atoms with Crippen molar-refractivity contribution in [2.24, 2.45) is 52.3 Å². The largest absolute Gasteiger partial charge is 0.393 e. The maximum atomic E-state index is 10.8. The molecule has 0 amide bonds. The van der Waals surface area contributed by atoms with Crippen LogP contribution in [0.4, 0.5) is 0 Å². The molecule has 0 spiro atoms. The van der Waals surface area contributed by atoms with Crippen LogP contribution in [0, 0.1) is 52.3 Å². The fourth-order valence-corrected chi connectivity index (χ4v) is 10.2. The molecule has 4 saturated carbocycles. The van der Waals surface area contributed by atoms with Crippen molar-refractivity contribution in [1.82, 2.24) is 0 Å². The average molecular weight is 463 g/mol. The fourth-order valence-electron chi connectivity index (χ4n) is 10.2. The van der Waals surface area contributed by atoms with Gasteiger partial charge in [0, 0.05) is 26.1 Å². The zero-order valence-electron chi connectivity index (χ0n) is 21.5. The van der Waals surface area contributed by atoms with Crippen LogP contribution in [0.3, 0.4) is 0 Å². The summed E-state index contributed by atoms with van der Waals surface area (Å²) in [5.41, 5.74) is 0.760. The van der Waals surface area contributed by atoms with Gasteiger partial charge in [0.2, 0.25) is 0 Å². The number of fused-ring (bicyclic) bond motifs is 5. The van der Waals surface area contributed by atoms with Crippen LogP contribution in [0.2, 0.25) is 0 Å². The predicted molar refractivity (Wildman–Crippen MR) is 130 cm³/mol. The number of hydrogen-bond acceptors (Lipinski definition) is 4. The molecule has 0 aromatic carbocycles. The van der Waals surface area contributed by atoms with E-state index < -0.39 is 5.79 Å². The molecule has 33 heavy (non-hydrogen) atoms. The van der Waals surface area contributed by atoms with Gasteiger partial charge in [0.15, 0.2) is 5.79 Å². The van der Waals surface area contributed by atoms with E-state index >= 15 is 0 Å². The Morgan fingerprint density at radius 1 is 0.818 bits per heavy atom. The minimum absolute atomic E-state index is 0.149. The Morgan fingerprint density at radius 2 is 1.55 bits per heavy atom. The molecule has 0 radical (unpaired) electrons. The lowest BCUT2D eigenvalue weighted by Gasteiger charge is -2.61. The quantitative estimate of drug-likeness (QED) is 0.470. The standard InChI is InChI=1S/C29H50O4/c1-19(4-9-26(30)20-11-16-33-17-12-20)23-7-8-24-22-6-5-21-18-29(31,32)15-14-27(21,2)25(22)10-13-28(23,24)3/h19-26,30-32H,4-18H2,1-3H3/t19-,21+,22+,23-,24+,25+,26+,27+,28-/m1/s1. The van der Waals surface area contributed by atoms with Crippen LogP contribution in [-0.4, -0.2) is 40.4 Å². The summed E-state index contributed by atoms with van der Waals surface area (Å²) in [4.78, 5) is 0. The molecule has 1 heterocycles. The normalized spacial score (nSPS) is 47.3. The molecule has 1 saturated heterocycles. The third kappa shape index (κ3) is 4.34. The van der Waals surface area contributed by atoms with Gasteiger partial charge in [-0.3, -0.25) is 0 Å². The summed E-state index contributed by atoms with van der Waals surface area (Å²) in [6.45, 7) is 9.24. The van der Waals surface area contributed by atoms with E-state index in [4.69, 9.17) is 4.74 Å². The van der Waals surface area contributed by atoms with Gasteiger partial charge in [-0.2, -0.15) is 0 Å². The van der Waals surface area contributed by atoms with E-state index in [2.05, 4.69) is 20.8 Å². The van der Waals surface area contributed by atoms with Crippen molar-refractivity contribution in [1.29, 1.82) is 0 Å². The average Bonchev–Trinajstić information content (AvgIpc) is 3.15. The Balaban J connectivity index is 1.23. The summed E-state index contributed by atoms with van der Waals surface area (Å²) in [6.07, 6.45) is 14.1. The number of rotatable bonds is 5. The first kappa shape index (κ1) is 24.5. The molecule has 4 heteroatoms. The molecular formula is C29H50O4. The Hall–Kier alpha value is -0.160. The minimum Gasteiger partial charge on any atom is -0.393 e. The maximum absolute atomic E-state index is 10.8. The van der Waals surface area contributed by atoms with Crippen molar-refractivity contribution < 1.29 is 20.1 Å². The Kier molecular flexibility index (Phi) is 6.73. The second-order valence-electron chi connectivity index (χ2n) is 13.6. The SMILES string of the molecule is C[C@H](CC[C@H](O)C1CCOCC1)[C@H]1CC[C@H]2[C@@H]3CC[C@H]4CC(O)(O)CC[C@]4(C)[C@H]3CC[C@]12C. The molecule has 5 rings (SSSR count). The van der Waals surface area contributed by atoms with E-state index in [9.17, 15) is 15.3 Å². The molecular weight excluding hydrogens is 412 g/mol. The lowest BCUT2D eigenvalue weighted by atomic mass is 9.44. The molecule has 0 aromatic rings. The number of ether oxygens (including phenoxy) is 1. The Labute approximate surface area is 201 Å². The highest BCUT2D eigenvalue weighted by atomic mass is 16.5. The van der Waals surface area contributed by atoms with Gasteiger partial charge in [-0.05, 0) is 123 Å². The smallest absolute Gasteiger partial charge is 0.162 e. The van der Waals surface area contributed by atoms with Crippen LogP contribution in [-0.2, 0) is 4.74 Å². The van der Waals surface area contributed by atoms with Crippen LogP contribution >= 0.6 is 0 Å². The Morgan fingerprint density at radius 3 is 2.30 bits per heavy atom. The third-order valence-electron chi connectivity index (χ3n) is 12.2. The van der Waals surface area contributed by atoms with Crippen LogP contribution in [0.25, 0.3) is 0 Å². The molecule has 5 fully saturated rings. The van der Waals surface area contributed by atoms with Crippen molar-refractivity contribution >= 4 is 0 Å². The third-order valence-corrected chi connectivity index (χ3v) is 12.2. The lowest BCUT2D eigenvalue weighted by molar-refractivity contribution is -0.233. The summed E-state index contributed by atoms with van der Waals surface area (Å²) < 4.78 is 5.49. The lowest BCUT2D eigenvalue weighted by Crippen LogP contribution is -2.56. The highest BCUT2D eigenvalue weighted by Crippen LogP contribution is 2.68. The van der Waals surface area contributed by atoms with E-state index in [1.54, 1.807) is 0 Å². The maximum Gasteiger partial charge on any atom is 0.162 e. The molecule has 4 aliphatic carbocycles. The number of aliphatic hydroxyl groups is 3. The van der Waals surface area contributed by atoms with Crippen molar-refractivity contribution in [2.75, 3.05) is 13.2 Å². The van der Waals surface area contributed by atoms with Gasteiger partial charge in [0.25, 0.3) is 0 Å². The summed E-state index contributed by atoms with van der Waals surface area (Å²) >= 11 is 0. The van der Waals surface area contributed by atoms with Gasteiger partial charge in [0.1, 0.15) is 0 Å². The van der Waals surface area contributed by atoms with E-state index in [1.807, 2.05) is 0 Å². The highest BCUT2D eigenvalue weighted by Gasteiger charge is 2.61. The molecule has 1 aliphatic heterocycles. The predicted octanol–water partition coefficient (Wildman–Crippen LogP) is 5.53. The molecule has 9 atom stereocenters. The first-order valence-corrected chi connectivity index (χ1v) is 14.3. The second-order valence-corrected chi connectivity index (χ2v) is 13.6. The molecule has 5 aliphatic rings. The Bertz CT molecular complexity index is 687. The first-order chi connectivity index (χ1) is 15.6. The monoisotopic (exact) mass is 462 g/mol. The van der Waals surface area contributed by atoms with Gasteiger partial charge in [0.05, 0.1) is 6.10 Å². The van der Waals surface area contributed by atoms with E-state index in [1.165, 1.54) is 38.5 Å². The minimum atomic E-state index is -1.43. The summed E-state index contributed by atoms with van der Waals surface area (Å²) in [6, 6.07) is 0. The molecule has 4 nitrogen and oxygen atoms in total. The summed E-state index contributed by atoms with van der Waals surface area (Å²) in [7, 11) is 0. The molecule has 0 aromatic heterocycles. The van der Waals surface area contributed by atoms with Crippen LogP contribution < -0.4 is 0 Å². The number of aliphatic hydroxyl groups excluding tert-OH is 1. The first-order valence-electron chi connectivity index (χ1n) is 14.3. The van der Waals surface area contributed by atoms with Crippen molar-refractivity contribution in [3.8, 4) is 0 Å². The van der Waals surface area contributed by atoms with E-state index in [-0.39, 0.29) is 6.10 Å². The molecule has 190 valence electrons. The summed E-state index contributed by atoms with van der Waals surface area (Å²) in [5.74, 6) is 3.43. The molecule has 0 unspecified atom stereocenters. The van der Waals surface area contributed by atoms with Gasteiger partial charge < -0.3 is 20.1 Å². The fraction of sp³-hybridized carbons (Fsp3) is 1.00. The topological polar surface area (TPSA) is 69.9 Å². The van der Waals surface area contributed by atoms with Crippen molar-refractivity contribution in [2.45, 2.75) is 116 Å². The van der Waals surface area contributed by atoms with E-state index in [0.717, 1.165) is 69.0 Å². The van der Waals surface area contributed by atoms with Crippen molar-refractivity contribution in [3.05, 3.63) is 0 Å². The number of hydrogen-bond donors (Lipinski definition) is 3. The van der Waals surface area contributed by atoms with Crippen LogP contribution in [0.15, 0.2) is 0 Å². The van der Waals surface area contributed by atoms with Crippen LogP contribution in [0.1, 0.15) is 104 Å². The van der Waals surface area contributed by atoms with Gasteiger partial charge in [-0.15, -0.1) is 0 Å². The van der Waals surface area contributed by atoms with Gasteiger partial charge in [-0.1, -0.05) is 20.8 Å². The van der Waals surface area contributed by atoms with Crippen molar-refractivity contribution in [3.63, 3.8) is 0 Å².